The molecular weight excluding hydrogens is 370 g/mol. The largest absolute Gasteiger partial charge is 0.331 e. The van der Waals surface area contributed by atoms with E-state index in [0.29, 0.717) is 19.0 Å². The van der Waals surface area contributed by atoms with E-state index in [9.17, 15) is 9.59 Å². The summed E-state index contributed by atoms with van der Waals surface area (Å²) in [5, 5.41) is 2.11. The molecule has 1 aromatic carbocycles. The van der Waals surface area contributed by atoms with Gasteiger partial charge in [0.25, 0.3) is 0 Å². The summed E-state index contributed by atoms with van der Waals surface area (Å²) in [5.41, 5.74) is 2.33. The van der Waals surface area contributed by atoms with Crippen LogP contribution in [0.3, 0.4) is 0 Å². The highest BCUT2D eigenvalue weighted by atomic mass is 32.1. The van der Waals surface area contributed by atoms with Crippen LogP contribution in [0.1, 0.15) is 35.9 Å². The van der Waals surface area contributed by atoms with Crippen LogP contribution < -0.4 is 0 Å². The Bertz CT molecular complexity index is 816. The van der Waals surface area contributed by atoms with E-state index in [0.717, 1.165) is 12.0 Å². The topological polar surface area (TPSA) is 43.9 Å². The summed E-state index contributed by atoms with van der Waals surface area (Å²) in [4.78, 5) is 32.4. The van der Waals surface area contributed by atoms with Crippen LogP contribution in [-0.2, 0) is 11.2 Å². The molecular formula is C22H29N3O2S. The molecule has 3 rings (SSSR count). The first-order valence-corrected chi connectivity index (χ1v) is 10.6. The second-order valence-electron chi connectivity index (χ2n) is 7.90. The molecule has 2 heterocycles. The Morgan fingerprint density at radius 3 is 2.54 bits per heavy atom. The van der Waals surface area contributed by atoms with Gasteiger partial charge in [-0.05, 0) is 34.9 Å². The Morgan fingerprint density at radius 2 is 1.89 bits per heavy atom. The fourth-order valence-corrected chi connectivity index (χ4v) is 4.67. The summed E-state index contributed by atoms with van der Waals surface area (Å²) in [6.07, 6.45) is 0.869. The highest BCUT2D eigenvalue weighted by Crippen LogP contribution is 2.37. The molecule has 0 N–H and O–H groups in total. The van der Waals surface area contributed by atoms with Crippen molar-refractivity contribution in [1.29, 1.82) is 0 Å². The number of hydrogen-bond acceptors (Lipinski definition) is 3. The van der Waals surface area contributed by atoms with Gasteiger partial charge in [-0.2, -0.15) is 0 Å². The Labute approximate surface area is 171 Å². The third-order valence-electron chi connectivity index (χ3n) is 4.97. The predicted molar refractivity (Wildman–Crippen MR) is 114 cm³/mol. The third kappa shape index (κ3) is 4.38. The Balaban J connectivity index is 1.87. The molecule has 0 unspecified atom stereocenters. The fraction of sp³-hybridized carbons (Fsp3) is 0.455. The van der Waals surface area contributed by atoms with Gasteiger partial charge in [-0.15, -0.1) is 11.3 Å². The number of fused-ring (bicyclic) bond motifs is 1. The van der Waals surface area contributed by atoms with Crippen molar-refractivity contribution < 1.29 is 9.59 Å². The molecule has 0 bridgehead atoms. The van der Waals surface area contributed by atoms with Gasteiger partial charge in [0.05, 0.1) is 6.04 Å². The van der Waals surface area contributed by atoms with Gasteiger partial charge in [0, 0.05) is 32.1 Å². The maximum absolute atomic E-state index is 13.3. The molecule has 5 nitrogen and oxygen atoms in total. The van der Waals surface area contributed by atoms with Crippen molar-refractivity contribution in [2.24, 2.45) is 5.92 Å². The summed E-state index contributed by atoms with van der Waals surface area (Å²) in [7, 11) is 3.46. The minimum atomic E-state index is -0.119. The van der Waals surface area contributed by atoms with Crippen LogP contribution in [0.2, 0.25) is 0 Å². The lowest BCUT2D eigenvalue weighted by atomic mass is 9.93. The molecule has 2 aromatic rings. The monoisotopic (exact) mass is 399 g/mol. The first-order valence-electron chi connectivity index (χ1n) is 9.75. The third-order valence-corrected chi connectivity index (χ3v) is 5.96. The standard InChI is InChI=1S/C22H29N3O2S/c1-16(2)14-24(22(27)23(3)4)15-20(26)25-12-10-19-18(11-13-28-19)21(25)17-8-6-5-7-9-17/h5-9,11,13,16,21H,10,12,14-15H2,1-4H3/t21-/m0/s1. The molecule has 28 heavy (non-hydrogen) atoms. The lowest BCUT2D eigenvalue weighted by Crippen LogP contribution is -2.49. The molecule has 1 aliphatic rings. The van der Waals surface area contributed by atoms with Gasteiger partial charge in [0.15, 0.2) is 0 Å². The maximum atomic E-state index is 13.3. The number of hydrogen-bond donors (Lipinski definition) is 0. The van der Waals surface area contributed by atoms with E-state index < -0.39 is 0 Å². The van der Waals surface area contributed by atoms with Gasteiger partial charge in [-0.3, -0.25) is 4.79 Å². The molecule has 0 aliphatic carbocycles. The average molecular weight is 400 g/mol. The van der Waals surface area contributed by atoms with Crippen LogP contribution >= 0.6 is 11.3 Å². The molecule has 1 aliphatic heterocycles. The van der Waals surface area contributed by atoms with Crippen molar-refractivity contribution in [2.75, 3.05) is 33.7 Å². The highest BCUT2D eigenvalue weighted by Gasteiger charge is 2.34. The number of carbonyl (C=O) groups excluding carboxylic acids is 2. The predicted octanol–water partition coefficient (Wildman–Crippen LogP) is 3.86. The number of carbonyl (C=O) groups is 2. The van der Waals surface area contributed by atoms with Crippen LogP contribution in [0.4, 0.5) is 4.79 Å². The second kappa shape index (κ2) is 8.78. The van der Waals surface area contributed by atoms with Crippen LogP contribution in [0.25, 0.3) is 0 Å². The Morgan fingerprint density at radius 1 is 1.18 bits per heavy atom. The van der Waals surface area contributed by atoms with Gasteiger partial charge in [-0.1, -0.05) is 44.2 Å². The van der Waals surface area contributed by atoms with E-state index in [2.05, 4.69) is 37.4 Å². The van der Waals surface area contributed by atoms with E-state index in [1.165, 1.54) is 15.3 Å². The molecule has 0 fully saturated rings. The Kier molecular flexibility index (Phi) is 6.39. The Hall–Kier alpha value is -2.34. The molecule has 0 saturated heterocycles. The van der Waals surface area contributed by atoms with Crippen molar-refractivity contribution >= 4 is 23.3 Å². The lowest BCUT2D eigenvalue weighted by molar-refractivity contribution is -0.134. The van der Waals surface area contributed by atoms with E-state index in [-0.39, 0.29) is 24.5 Å². The van der Waals surface area contributed by atoms with Gasteiger partial charge in [0.1, 0.15) is 6.54 Å². The average Bonchev–Trinajstić information content (AvgIpc) is 3.15. The zero-order chi connectivity index (χ0) is 20.3. The minimum absolute atomic E-state index is 0.00144. The van der Waals surface area contributed by atoms with Crippen molar-refractivity contribution in [2.45, 2.75) is 26.3 Å². The van der Waals surface area contributed by atoms with Crippen LogP contribution in [0, 0.1) is 5.92 Å². The van der Waals surface area contributed by atoms with Gasteiger partial charge < -0.3 is 14.7 Å². The molecule has 3 amide bonds. The second-order valence-corrected chi connectivity index (χ2v) is 8.90. The number of urea groups is 1. The lowest BCUT2D eigenvalue weighted by Gasteiger charge is -2.38. The van der Waals surface area contributed by atoms with Crippen molar-refractivity contribution in [3.63, 3.8) is 0 Å². The van der Waals surface area contributed by atoms with E-state index in [1.54, 1.807) is 30.3 Å². The SMILES string of the molecule is CC(C)CN(CC(=O)N1CCc2sccc2[C@@H]1c1ccccc1)C(=O)N(C)C. The number of nitrogens with zero attached hydrogens (tertiary/aromatic N) is 3. The summed E-state index contributed by atoms with van der Waals surface area (Å²) in [6.45, 7) is 5.48. The number of rotatable bonds is 5. The minimum Gasteiger partial charge on any atom is -0.331 e. The zero-order valence-corrected chi connectivity index (χ0v) is 17.9. The van der Waals surface area contributed by atoms with Crippen LogP contribution in [-0.4, -0.2) is 60.4 Å². The summed E-state index contributed by atoms with van der Waals surface area (Å²) in [6, 6.07) is 12.1. The molecule has 0 saturated carbocycles. The molecule has 1 atom stereocenters. The van der Waals surface area contributed by atoms with E-state index in [1.807, 2.05) is 23.1 Å². The molecule has 0 spiro atoms. The zero-order valence-electron chi connectivity index (χ0n) is 17.1. The van der Waals surface area contributed by atoms with Crippen molar-refractivity contribution in [1.82, 2.24) is 14.7 Å². The molecule has 6 heteroatoms. The first-order chi connectivity index (χ1) is 13.4. The normalized spacial score (nSPS) is 16.0. The number of thiophene rings is 1. The van der Waals surface area contributed by atoms with Crippen molar-refractivity contribution in [3.05, 3.63) is 57.8 Å². The van der Waals surface area contributed by atoms with Crippen LogP contribution in [0.15, 0.2) is 41.8 Å². The van der Waals surface area contributed by atoms with Gasteiger partial charge in [0.2, 0.25) is 5.91 Å². The summed E-state index contributed by atoms with van der Waals surface area (Å²) < 4.78 is 0. The number of amides is 3. The highest BCUT2D eigenvalue weighted by molar-refractivity contribution is 7.10. The summed E-state index contributed by atoms with van der Waals surface area (Å²) >= 11 is 1.76. The van der Waals surface area contributed by atoms with Gasteiger partial charge in [-0.25, -0.2) is 4.79 Å². The quantitative estimate of drug-likeness (QED) is 0.766. The molecule has 150 valence electrons. The fourth-order valence-electron chi connectivity index (χ4n) is 3.77. The number of benzene rings is 1. The molecule has 0 radical (unpaired) electrons. The smallest absolute Gasteiger partial charge is 0.319 e. The van der Waals surface area contributed by atoms with Crippen molar-refractivity contribution in [3.8, 4) is 0 Å². The van der Waals surface area contributed by atoms with Crippen LogP contribution in [0.5, 0.6) is 0 Å². The van der Waals surface area contributed by atoms with Gasteiger partial charge >= 0.3 is 6.03 Å². The van der Waals surface area contributed by atoms with E-state index in [4.69, 9.17) is 0 Å². The van der Waals surface area contributed by atoms with E-state index >= 15 is 0 Å². The summed E-state index contributed by atoms with van der Waals surface area (Å²) in [5.74, 6) is 0.299. The first kappa shape index (κ1) is 20.4. The maximum Gasteiger partial charge on any atom is 0.319 e. The molecule has 1 aromatic heterocycles.